The molecule has 20 heavy (non-hydrogen) atoms. The lowest BCUT2D eigenvalue weighted by Crippen LogP contribution is -2.35. The van der Waals surface area contributed by atoms with Crippen molar-refractivity contribution < 1.29 is 28.2 Å². The summed E-state index contributed by atoms with van der Waals surface area (Å²) in [6.07, 6.45) is -7.18. The fraction of sp³-hybridized carbons (Fsp3) is 0.214. The van der Waals surface area contributed by atoms with Gasteiger partial charge >= 0.3 is 12.1 Å². The number of benzene rings is 2. The number of aliphatic hydroxyl groups excluding tert-OH is 1. The summed E-state index contributed by atoms with van der Waals surface area (Å²) in [6, 6.07) is 11.0. The molecular formula is C14H11F3O3. The number of halogens is 3. The topological polar surface area (TPSA) is 57.5 Å². The Morgan fingerprint density at radius 2 is 1.65 bits per heavy atom. The summed E-state index contributed by atoms with van der Waals surface area (Å²) in [5, 5.41) is 19.7. The number of carboxylic acids is 1. The maximum atomic E-state index is 12.8. The highest BCUT2D eigenvalue weighted by atomic mass is 19.4. The number of hydrogen-bond acceptors (Lipinski definition) is 2. The summed E-state index contributed by atoms with van der Waals surface area (Å²) in [5.41, 5.74) is -0.0483. The lowest BCUT2D eigenvalue weighted by atomic mass is 9.91. The van der Waals surface area contributed by atoms with Gasteiger partial charge in [-0.2, -0.15) is 13.2 Å². The van der Waals surface area contributed by atoms with Crippen molar-refractivity contribution in [3.63, 3.8) is 0 Å². The van der Waals surface area contributed by atoms with Crippen molar-refractivity contribution in [3.8, 4) is 0 Å². The van der Waals surface area contributed by atoms with E-state index in [0.717, 1.165) is 0 Å². The van der Waals surface area contributed by atoms with E-state index in [1.54, 1.807) is 30.3 Å². The molecule has 0 aliphatic carbocycles. The minimum atomic E-state index is -5.03. The van der Waals surface area contributed by atoms with Crippen molar-refractivity contribution in [1.29, 1.82) is 0 Å². The average Bonchev–Trinajstić information content (AvgIpc) is 2.35. The van der Waals surface area contributed by atoms with Crippen LogP contribution in [0.1, 0.15) is 11.7 Å². The minimum absolute atomic E-state index is 0.0483. The number of aliphatic hydroxyl groups is 1. The molecule has 0 heterocycles. The van der Waals surface area contributed by atoms with E-state index in [0.29, 0.717) is 10.8 Å². The molecule has 0 unspecified atom stereocenters. The zero-order valence-corrected chi connectivity index (χ0v) is 10.1. The van der Waals surface area contributed by atoms with Gasteiger partial charge < -0.3 is 10.2 Å². The highest BCUT2D eigenvalue weighted by Crippen LogP contribution is 2.38. The largest absolute Gasteiger partial charge is 0.481 e. The van der Waals surface area contributed by atoms with Crippen LogP contribution in [-0.2, 0) is 4.79 Å². The van der Waals surface area contributed by atoms with E-state index >= 15 is 0 Å². The molecule has 0 radical (unpaired) electrons. The SMILES string of the molecule is O=C(O)[C@H]([C@@H](O)c1cccc2ccccc12)C(F)(F)F. The third-order valence-corrected chi connectivity index (χ3v) is 3.08. The zero-order valence-electron chi connectivity index (χ0n) is 10.1. The molecule has 0 saturated heterocycles. The Bertz CT molecular complexity index is 632. The number of rotatable bonds is 3. The van der Waals surface area contributed by atoms with Crippen molar-refractivity contribution in [3.05, 3.63) is 48.0 Å². The molecule has 0 saturated carbocycles. The summed E-state index contributed by atoms with van der Waals surface area (Å²) in [4.78, 5) is 10.8. The minimum Gasteiger partial charge on any atom is -0.481 e. The van der Waals surface area contributed by atoms with Gasteiger partial charge in [0.2, 0.25) is 0 Å². The molecule has 6 heteroatoms. The Morgan fingerprint density at radius 1 is 1.05 bits per heavy atom. The first kappa shape index (κ1) is 14.3. The third-order valence-electron chi connectivity index (χ3n) is 3.08. The maximum Gasteiger partial charge on any atom is 0.405 e. The Labute approximate surface area is 112 Å². The number of alkyl halides is 3. The van der Waals surface area contributed by atoms with E-state index in [2.05, 4.69) is 0 Å². The number of hydrogen-bond donors (Lipinski definition) is 2. The van der Waals surface area contributed by atoms with Crippen molar-refractivity contribution in [2.45, 2.75) is 12.3 Å². The summed E-state index contributed by atoms with van der Waals surface area (Å²) in [7, 11) is 0. The van der Waals surface area contributed by atoms with Crippen LogP contribution in [0.4, 0.5) is 13.2 Å². The molecular weight excluding hydrogens is 273 g/mol. The Morgan fingerprint density at radius 3 is 2.25 bits per heavy atom. The van der Waals surface area contributed by atoms with E-state index in [9.17, 15) is 23.1 Å². The lowest BCUT2D eigenvalue weighted by molar-refractivity contribution is -0.212. The standard InChI is InChI=1S/C14H11F3O3/c15-14(16,17)11(13(19)20)12(18)10-7-3-5-8-4-1-2-6-9(8)10/h1-7,11-12,18H,(H,19,20)/t11-,12-/m0/s1. The Hall–Kier alpha value is -2.08. The lowest BCUT2D eigenvalue weighted by Gasteiger charge is -2.23. The maximum absolute atomic E-state index is 12.8. The molecule has 0 spiro atoms. The third kappa shape index (κ3) is 2.60. The molecule has 2 rings (SSSR count). The second-order valence-corrected chi connectivity index (χ2v) is 4.37. The quantitative estimate of drug-likeness (QED) is 0.910. The van der Waals surface area contributed by atoms with Crippen LogP contribution in [0, 0.1) is 5.92 Å². The van der Waals surface area contributed by atoms with Gasteiger partial charge in [0.1, 0.15) is 6.10 Å². The molecule has 2 N–H and O–H groups in total. The van der Waals surface area contributed by atoms with Gasteiger partial charge in [-0.1, -0.05) is 42.5 Å². The van der Waals surface area contributed by atoms with Crippen molar-refractivity contribution in [2.24, 2.45) is 5.92 Å². The van der Waals surface area contributed by atoms with Crippen LogP contribution in [0.2, 0.25) is 0 Å². The molecule has 106 valence electrons. The highest BCUT2D eigenvalue weighted by molar-refractivity contribution is 5.86. The molecule has 0 aromatic heterocycles. The summed E-state index contributed by atoms with van der Waals surface area (Å²) < 4.78 is 38.3. The average molecular weight is 284 g/mol. The fourth-order valence-electron chi connectivity index (χ4n) is 2.14. The van der Waals surface area contributed by atoms with Gasteiger partial charge in [-0.3, -0.25) is 4.79 Å². The molecule has 2 aromatic rings. The number of carboxylic acid groups (broad SMARTS) is 1. The predicted octanol–water partition coefficient (Wildman–Crippen LogP) is 3.14. The predicted molar refractivity (Wildman–Crippen MR) is 66.1 cm³/mol. The van der Waals surface area contributed by atoms with Gasteiger partial charge in [-0.15, -0.1) is 0 Å². The Balaban J connectivity index is 2.55. The zero-order chi connectivity index (χ0) is 14.9. The number of fused-ring (bicyclic) bond motifs is 1. The van der Waals surface area contributed by atoms with Crippen LogP contribution >= 0.6 is 0 Å². The van der Waals surface area contributed by atoms with Gasteiger partial charge in [0, 0.05) is 0 Å². The van der Waals surface area contributed by atoms with Gasteiger partial charge in [0.05, 0.1) is 0 Å². The first-order valence-electron chi connectivity index (χ1n) is 5.77. The van der Waals surface area contributed by atoms with E-state index < -0.39 is 24.2 Å². The molecule has 0 aliphatic heterocycles. The molecule has 2 atom stereocenters. The monoisotopic (exact) mass is 284 g/mol. The van der Waals surface area contributed by atoms with Crippen LogP contribution in [0.3, 0.4) is 0 Å². The van der Waals surface area contributed by atoms with E-state index in [1.165, 1.54) is 12.1 Å². The van der Waals surface area contributed by atoms with Crippen molar-refractivity contribution >= 4 is 16.7 Å². The van der Waals surface area contributed by atoms with Gasteiger partial charge in [-0.05, 0) is 16.3 Å². The summed E-state index contributed by atoms with van der Waals surface area (Å²) in [6.45, 7) is 0. The molecule has 0 bridgehead atoms. The second-order valence-electron chi connectivity index (χ2n) is 4.37. The molecule has 2 aromatic carbocycles. The number of aliphatic carboxylic acids is 1. The molecule has 0 fully saturated rings. The van der Waals surface area contributed by atoms with Crippen LogP contribution < -0.4 is 0 Å². The first-order chi connectivity index (χ1) is 9.32. The molecule has 0 amide bonds. The normalized spacial score (nSPS) is 15.0. The van der Waals surface area contributed by atoms with Crippen LogP contribution in [0.15, 0.2) is 42.5 Å². The van der Waals surface area contributed by atoms with Crippen LogP contribution in [0.25, 0.3) is 10.8 Å². The smallest absolute Gasteiger partial charge is 0.405 e. The Kier molecular flexibility index (Phi) is 3.67. The fourth-order valence-corrected chi connectivity index (χ4v) is 2.14. The first-order valence-corrected chi connectivity index (χ1v) is 5.77. The van der Waals surface area contributed by atoms with Crippen LogP contribution in [-0.4, -0.2) is 22.4 Å². The summed E-state index contributed by atoms with van der Waals surface area (Å²) in [5.74, 6) is -4.95. The number of carbonyl (C=O) groups is 1. The van der Waals surface area contributed by atoms with Gasteiger partial charge in [0.25, 0.3) is 0 Å². The molecule has 3 nitrogen and oxygen atoms in total. The van der Waals surface area contributed by atoms with Crippen molar-refractivity contribution in [2.75, 3.05) is 0 Å². The van der Waals surface area contributed by atoms with Crippen molar-refractivity contribution in [1.82, 2.24) is 0 Å². The second kappa shape index (κ2) is 5.13. The molecule has 0 aliphatic rings. The summed E-state index contributed by atoms with van der Waals surface area (Å²) >= 11 is 0. The van der Waals surface area contributed by atoms with Gasteiger partial charge in [0.15, 0.2) is 5.92 Å². The van der Waals surface area contributed by atoms with E-state index in [4.69, 9.17) is 5.11 Å². The van der Waals surface area contributed by atoms with Crippen LogP contribution in [0.5, 0.6) is 0 Å². The van der Waals surface area contributed by atoms with E-state index in [-0.39, 0.29) is 5.56 Å². The van der Waals surface area contributed by atoms with E-state index in [1.807, 2.05) is 0 Å². The highest BCUT2D eigenvalue weighted by Gasteiger charge is 2.50. The van der Waals surface area contributed by atoms with Gasteiger partial charge in [-0.25, -0.2) is 0 Å².